The highest BCUT2D eigenvalue weighted by molar-refractivity contribution is 6.33. The second-order valence-corrected chi connectivity index (χ2v) is 4.93. The Balaban J connectivity index is 2.22. The van der Waals surface area contributed by atoms with Gasteiger partial charge in [0.05, 0.1) is 24.8 Å². The lowest BCUT2D eigenvalue weighted by atomic mass is 10.1. The number of benzene rings is 2. The fraction of sp³-hybridized carbons (Fsp3) is 0.125. The number of carbonyl (C=O) groups excluding carboxylic acids is 1. The fourth-order valence-electron chi connectivity index (χ4n) is 1.95. The first-order chi connectivity index (χ1) is 11.0. The van der Waals surface area contributed by atoms with Crippen molar-refractivity contribution in [3.05, 3.63) is 52.5 Å². The molecule has 0 aliphatic rings. The van der Waals surface area contributed by atoms with E-state index in [1.54, 1.807) is 18.2 Å². The number of rotatable bonds is 5. The number of aromatic carboxylic acids is 1. The quantitative estimate of drug-likeness (QED) is 0.875. The number of carboxylic acid groups (broad SMARTS) is 1. The summed E-state index contributed by atoms with van der Waals surface area (Å²) in [7, 11) is 2.98. The summed E-state index contributed by atoms with van der Waals surface area (Å²) < 4.78 is 10.3. The number of carboxylic acids is 1. The van der Waals surface area contributed by atoms with Gasteiger partial charge < -0.3 is 19.9 Å². The molecule has 0 aromatic heterocycles. The molecule has 0 fully saturated rings. The average molecular weight is 336 g/mol. The summed E-state index contributed by atoms with van der Waals surface area (Å²) >= 11 is 5.87. The van der Waals surface area contributed by atoms with Crippen LogP contribution in [0.15, 0.2) is 36.4 Å². The van der Waals surface area contributed by atoms with Crippen molar-refractivity contribution in [1.29, 1.82) is 0 Å². The van der Waals surface area contributed by atoms with Gasteiger partial charge in [-0.1, -0.05) is 11.6 Å². The van der Waals surface area contributed by atoms with Crippen molar-refractivity contribution in [3.63, 3.8) is 0 Å². The van der Waals surface area contributed by atoms with E-state index < -0.39 is 5.97 Å². The van der Waals surface area contributed by atoms with Gasteiger partial charge in [0.1, 0.15) is 0 Å². The van der Waals surface area contributed by atoms with E-state index in [-0.39, 0.29) is 16.5 Å². The molecule has 7 heteroatoms. The molecule has 0 aliphatic carbocycles. The number of halogens is 1. The third kappa shape index (κ3) is 3.73. The van der Waals surface area contributed by atoms with Crippen LogP contribution in [0.25, 0.3) is 0 Å². The van der Waals surface area contributed by atoms with Gasteiger partial charge in [0.25, 0.3) is 5.91 Å². The topological polar surface area (TPSA) is 84.9 Å². The largest absolute Gasteiger partial charge is 0.493 e. The maximum Gasteiger partial charge on any atom is 0.337 e. The number of hydrogen-bond donors (Lipinski definition) is 2. The second kappa shape index (κ2) is 7.02. The summed E-state index contributed by atoms with van der Waals surface area (Å²) in [6.45, 7) is 0. The van der Waals surface area contributed by atoms with Crippen LogP contribution in [-0.2, 0) is 0 Å². The van der Waals surface area contributed by atoms with Gasteiger partial charge >= 0.3 is 5.97 Å². The van der Waals surface area contributed by atoms with Crippen LogP contribution < -0.4 is 14.8 Å². The maximum atomic E-state index is 12.2. The molecule has 0 unspecified atom stereocenters. The molecule has 1 amide bonds. The summed E-state index contributed by atoms with van der Waals surface area (Å²) in [4.78, 5) is 23.2. The zero-order valence-corrected chi connectivity index (χ0v) is 13.2. The first-order valence-electron chi connectivity index (χ1n) is 6.52. The Labute approximate surface area is 137 Å². The number of anilines is 1. The number of ether oxygens (including phenoxy) is 2. The van der Waals surface area contributed by atoms with Crippen molar-refractivity contribution in [2.45, 2.75) is 0 Å². The van der Waals surface area contributed by atoms with Crippen LogP contribution in [-0.4, -0.2) is 31.2 Å². The highest BCUT2D eigenvalue weighted by Crippen LogP contribution is 2.28. The van der Waals surface area contributed by atoms with Crippen LogP contribution in [0.5, 0.6) is 11.5 Å². The number of methoxy groups -OCH3 is 2. The zero-order chi connectivity index (χ0) is 17.0. The lowest BCUT2D eigenvalue weighted by molar-refractivity contribution is 0.0697. The Morgan fingerprint density at radius 3 is 2.30 bits per heavy atom. The molecule has 23 heavy (non-hydrogen) atoms. The Morgan fingerprint density at radius 1 is 1.04 bits per heavy atom. The standard InChI is InChI=1S/C16H14ClNO5/c1-22-13-6-3-9(7-14(13)23-2)15(19)18-10-4-5-11(16(20)21)12(17)8-10/h3-8H,1-2H3,(H,18,19)(H,20,21). The summed E-state index contributed by atoms with van der Waals surface area (Å²) in [5, 5.41) is 11.6. The summed E-state index contributed by atoms with van der Waals surface area (Å²) in [6, 6.07) is 8.92. The third-order valence-electron chi connectivity index (χ3n) is 3.10. The summed E-state index contributed by atoms with van der Waals surface area (Å²) in [6.07, 6.45) is 0. The second-order valence-electron chi connectivity index (χ2n) is 4.52. The Morgan fingerprint density at radius 2 is 1.74 bits per heavy atom. The first kappa shape index (κ1) is 16.6. The van der Waals surface area contributed by atoms with Gasteiger partial charge in [-0.2, -0.15) is 0 Å². The number of nitrogens with one attached hydrogen (secondary N) is 1. The molecule has 2 rings (SSSR count). The van der Waals surface area contributed by atoms with Crippen molar-refractivity contribution in [1.82, 2.24) is 0 Å². The molecule has 0 bridgehead atoms. The Hall–Kier alpha value is -2.73. The van der Waals surface area contributed by atoms with E-state index in [9.17, 15) is 9.59 Å². The third-order valence-corrected chi connectivity index (χ3v) is 3.42. The van der Waals surface area contributed by atoms with Crippen LogP contribution in [0.4, 0.5) is 5.69 Å². The summed E-state index contributed by atoms with van der Waals surface area (Å²) in [5.41, 5.74) is 0.719. The monoisotopic (exact) mass is 335 g/mol. The van der Waals surface area contributed by atoms with E-state index in [4.69, 9.17) is 26.2 Å². The molecule has 2 aromatic rings. The predicted molar refractivity (Wildman–Crippen MR) is 85.9 cm³/mol. The molecule has 0 spiro atoms. The molecule has 120 valence electrons. The minimum atomic E-state index is -1.13. The van der Waals surface area contributed by atoms with Crippen molar-refractivity contribution in [2.75, 3.05) is 19.5 Å². The minimum absolute atomic E-state index is 0.0317. The SMILES string of the molecule is COc1ccc(C(=O)Nc2ccc(C(=O)O)c(Cl)c2)cc1OC. The maximum absolute atomic E-state index is 12.2. The van der Waals surface area contributed by atoms with Gasteiger partial charge in [-0.15, -0.1) is 0 Å². The normalized spacial score (nSPS) is 10.0. The van der Waals surface area contributed by atoms with E-state index in [2.05, 4.69) is 5.32 Å². The molecule has 0 saturated heterocycles. The van der Waals surface area contributed by atoms with Gasteiger partial charge in [0.2, 0.25) is 0 Å². The number of hydrogen-bond acceptors (Lipinski definition) is 4. The van der Waals surface area contributed by atoms with Crippen LogP contribution in [0.2, 0.25) is 5.02 Å². The van der Waals surface area contributed by atoms with Crippen LogP contribution >= 0.6 is 11.6 Å². The molecule has 0 radical (unpaired) electrons. The van der Waals surface area contributed by atoms with Gasteiger partial charge in [-0.3, -0.25) is 4.79 Å². The molecule has 6 nitrogen and oxygen atoms in total. The lowest BCUT2D eigenvalue weighted by Gasteiger charge is -2.10. The first-order valence-corrected chi connectivity index (χ1v) is 6.90. The Kier molecular flexibility index (Phi) is 5.08. The van der Waals surface area contributed by atoms with Crippen molar-refractivity contribution in [2.24, 2.45) is 0 Å². The van der Waals surface area contributed by atoms with E-state index in [1.807, 2.05) is 0 Å². The molecule has 0 atom stereocenters. The molecular formula is C16H14ClNO5. The fourth-order valence-corrected chi connectivity index (χ4v) is 2.21. The van der Waals surface area contributed by atoms with Crippen molar-refractivity contribution < 1.29 is 24.2 Å². The van der Waals surface area contributed by atoms with E-state index >= 15 is 0 Å². The predicted octanol–water partition coefficient (Wildman–Crippen LogP) is 3.31. The average Bonchev–Trinajstić information content (AvgIpc) is 2.53. The van der Waals surface area contributed by atoms with Crippen molar-refractivity contribution >= 4 is 29.2 Å². The van der Waals surface area contributed by atoms with E-state index in [0.717, 1.165) is 0 Å². The molecule has 2 aromatic carbocycles. The van der Waals surface area contributed by atoms with Crippen LogP contribution in [0.3, 0.4) is 0 Å². The molecule has 0 saturated carbocycles. The molecule has 2 N–H and O–H groups in total. The highest BCUT2D eigenvalue weighted by atomic mass is 35.5. The number of amides is 1. The van der Waals surface area contributed by atoms with Gasteiger partial charge in [0, 0.05) is 11.3 Å². The van der Waals surface area contributed by atoms with Gasteiger partial charge in [-0.25, -0.2) is 4.79 Å². The lowest BCUT2D eigenvalue weighted by Crippen LogP contribution is -2.12. The van der Waals surface area contributed by atoms with Crippen LogP contribution in [0.1, 0.15) is 20.7 Å². The molecular weight excluding hydrogens is 322 g/mol. The smallest absolute Gasteiger partial charge is 0.337 e. The Bertz CT molecular complexity index is 760. The summed E-state index contributed by atoms with van der Waals surface area (Å²) in [5.74, 6) is -0.574. The van der Waals surface area contributed by atoms with E-state index in [1.165, 1.54) is 32.4 Å². The van der Waals surface area contributed by atoms with Crippen molar-refractivity contribution in [3.8, 4) is 11.5 Å². The van der Waals surface area contributed by atoms with Gasteiger partial charge in [0.15, 0.2) is 11.5 Å². The van der Waals surface area contributed by atoms with Crippen LogP contribution in [0, 0.1) is 0 Å². The minimum Gasteiger partial charge on any atom is -0.493 e. The highest BCUT2D eigenvalue weighted by Gasteiger charge is 2.13. The molecule has 0 aliphatic heterocycles. The number of carbonyl (C=O) groups is 2. The molecule has 0 heterocycles. The zero-order valence-electron chi connectivity index (χ0n) is 12.4. The van der Waals surface area contributed by atoms with E-state index in [0.29, 0.717) is 22.7 Å². The van der Waals surface area contributed by atoms with Gasteiger partial charge in [-0.05, 0) is 36.4 Å².